The number of hydrogen-bond donors (Lipinski definition) is 1. The first-order chi connectivity index (χ1) is 12.1. The molecule has 0 spiro atoms. The largest absolute Gasteiger partial charge is 0.361 e. The van der Waals surface area contributed by atoms with E-state index in [-0.39, 0.29) is 23.4 Å². The Morgan fingerprint density at radius 1 is 1.48 bits per heavy atom. The summed E-state index contributed by atoms with van der Waals surface area (Å²) in [7, 11) is 0. The van der Waals surface area contributed by atoms with Gasteiger partial charge in [-0.25, -0.2) is 4.79 Å². The number of nitrogens with one attached hydrogen (secondary N) is 1. The van der Waals surface area contributed by atoms with Gasteiger partial charge in [-0.3, -0.25) is 10.1 Å². The van der Waals surface area contributed by atoms with Crippen LogP contribution in [0.4, 0.5) is 16.2 Å². The molecule has 0 bridgehead atoms. The molecule has 0 aliphatic carbocycles. The number of hydrogen-bond acceptors (Lipinski definition) is 5. The van der Waals surface area contributed by atoms with Gasteiger partial charge >= 0.3 is 6.03 Å². The van der Waals surface area contributed by atoms with Gasteiger partial charge in [-0.2, -0.15) is 0 Å². The fourth-order valence-corrected chi connectivity index (χ4v) is 3.09. The third-order valence-corrected chi connectivity index (χ3v) is 4.27. The van der Waals surface area contributed by atoms with E-state index in [1.807, 2.05) is 6.07 Å². The predicted molar refractivity (Wildman–Crippen MR) is 91.3 cm³/mol. The normalized spacial score (nSPS) is 16.8. The molecule has 1 aliphatic heterocycles. The van der Waals surface area contributed by atoms with Crippen molar-refractivity contribution in [1.82, 2.24) is 10.1 Å². The standard InChI is InChI=1S/C17H20N4O4/c1-2-6-12-11-14(19-25-12)15-9-5-10-20(15)17(22)18-13-7-3-4-8-16(13)21(23)24/h3-4,7-8,11,15H,2,5-6,9-10H2,1H3,(H,18,22)/t15-/m0/s1. The van der Waals surface area contributed by atoms with Crippen molar-refractivity contribution in [2.75, 3.05) is 11.9 Å². The van der Waals surface area contributed by atoms with Crippen molar-refractivity contribution >= 4 is 17.4 Å². The molecule has 1 N–H and O–H groups in total. The van der Waals surface area contributed by atoms with Gasteiger partial charge in [-0.1, -0.05) is 24.2 Å². The number of nitro groups is 1. The van der Waals surface area contributed by atoms with Crippen LogP contribution in [-0.4, -0.2) is 27.6 Å². The van der Waals surface area contributed by atoms with Gasteiger partial charge in [-0.05, 0) is 25.3 Å². The summed E-state index contributed by atoms with van der Waals surface area (Å²) < 4.78 is 5.32. The molecule has 0 radical (unpaired) electrons. The molecule has 2 amide bonds. The molecule has 2 aromatic rings. The molecule has 1 aliphatic rings. The molecule has 1 aromatic heterocycles. The number of carbonyl (C=O) groups excluding carboxylic acids is 1. The van der Waals surface area contributed by atoms with Crippen molar-refractivity contribution in [3.05, 3.63) is 51.9 Å². The lowest BCUT2D eigenvalue weighted by Crippen LogP contribution is -2.34. The molecule has 8 nitrogen and oxygen atoms in total. The van der Waals surface area contributed by atoms with Crippen molar-refractivity contribution in [2.45, 2.75) is 38.6 Å². The predicted octanol–water partition coefficient (Wildman–Crippen LogP) is 3.90. The van der Waals surface area contributed by atoms with Crippen LogP contribution in [0.3, 0.4) is 0 Å². The number of carbonyl (C=O) groups is 1. The maximum absolute atomic E-state index is 12.6. The lowest BCUT2D eigenvalue weighted by atomic mass is 10.1. The fourth-order valence-electron chi connectivity index (χ4n) is 3.09. The van der Waals surface area contributed by atoms with Crippen molar-refractivity contribution in [3.63, 3.8) is 0 Å². The molecule has 1 aromatic carbocycles. The number of nitrogens with zero attached hydrogens (tertiary/aromatic N) is 3. The van der Waals surface area contributed by atoms with Gasteiger partial charge in [0.05, 0.1) is 11.0 Å². The molecule has 132 valence electrons. The molecular weight excluding hydrogens is 324 g/mol. The van der Waals surface area contributed by atoms with Gasteiger partial charge in [0.15, 0.2) is 0 Å². The molecule has 1 fully saturated rings. The van der Waals surface area contributed by atoms with Gasteiger partial charge in [-0.15, -0.1) is 0 Å². The number of aromatic nitrogens is 1. The Kier molecular flexibility index (Phi) is 4.97. The number of benzene rings is 1. The van der Waals surface area contributed by atoms with Crippen LogP contribution in [0.25, 0.3) is 0 Å². The molecule has 3 rings (SSSR count). The minimum atomic E-state index is -0.508. The summed E-state index contributed by atoms with van der Waals surface area (Å²) in [6.07, 6.45) is 3.41. The number of anilines is 1. The van der Waals surface area contributed by atoms with Crippen molar-refractivity contribution in [1.29, 1.82) is 0 Å². The molecule has 1 saturated heterocycles. The summed E-state index contributed by atoms with van der Waals surface area (Å²) in [5.41, 5.74) is 0.798. The molecule has 0 saturated carbocycles. The zero-order valence-corrected chi connectivity index (χ0v) is 14.0. The summed E-state index contributed by atoms with van der Waals surface area (Å²) in [6, 6.07) is 7.47. The number of nitro benzene ring substituents is 1. The zero-order chi connectivity index (χ0) is 17.8. The van der Waals surface area contributed by atoms with Crippen LogP contribution >= 0.6 is 0 Å². The number of amides is 2. The van der Waals surface area contributed by atoms with E-state index in [2.05, 4.69) is 17.4 Å². The lowest BCUT2D eigenvalue weighted by Gasteiger charge is -2.23. The van der Waals surface area contributed by atoms with E-state index in [1.54, 1.807) is 17.0 Å². The number of para-hydroxylation sites is 2. The van der Waals surface area contributed by atoms with E-state index < -0.39 is 4.92 Å². The lowest BCUT2D eigenvalue weighted by molar-refractivity contribution is -0.383. The second kappa shape index (κ2) is 7.33. The fraction of sp³-hybridized carbons (Fsp3) is 0.412. The highest BCUT2D eigenvalue weighted by molar-refractivity contribution is 5.92. The summed E-state index contributed by atoms with van der Waals surface area (Å²) in [5.74, 6) is 0.809. The highest BCUT2D eigenvalue weighted by atomic mass is 16.6. The van der Waals surface area contributed by atoms with Crippen LogP contribution in [0, 0.1) is 10.1 Å². The summed E-state index contributed by atoms with van der Waals surface area (Å²) in [4.78, 5) is 24.9. The number of rotatable bonds is 5. The maximum atomic E-state index is 12.6. The number of likely N-dealkylation sites (tertiary alicyclic amines) is 1. The molecule has 0 unspecified atom stereocenters. The minimum Gasteiger partial charge on any atom is -0.361 e. The van der Waals surface area contributed by atoms with Crippen molar-refractivity contribution in [3.8, 4) is 0 Å². The molecule has 8 heteroatoms. The van der Waals surface area contributed by atoms with Crippen molar-refractivity contribution < 1.29 is 14.2 Å². The first-order valence-corrected chi connectivity index (χ1v) is 8.36. The van der Waals surface area contributed by atoms with Gasteiger partial charge in [0.1, 0.15) is 17.1 Å². The smallest absolute Gasteiger partial charge is 0.322 e. The molecular formula is C17H20N4O4. The second-order valence-corrected chi connectivity index (χ2v) is 6.02. The van der Waals surface area contributed by atoms with Crippen LogP contribution < -0.4 is 5.32 Å². The van der Waals surface area contributed by atoms with Crippen LogP contribution in [0.5, 0.6) is 0 Å². The van der Waals surface area contributed by atoms with E-state index in [9.17, 15) is 14.9 Å². The van der Waals surface area contributed by atoms with Crippen LogP contribution in [0.1, 0.15) is 43.7 Å². The number of aryl methyl sites for hydroxylation is 1. The van der Waals surface area contributed by atoms with Gasteiger partial charge < -0.3 is 14.7 Å². The average molecular weight is 344 g/mol. The monoisotopic (exact) mass is 344 g/mol. The second-order valence-electron chi connectivity index (χ2n) is 6.02. The molecule has 1 atom stereocenters. The Balaban J connectivity index is 1.76. The van der Waals surface area contributed by atoms with E-state index in [4.69, 9.17) is 4.52 Å². The maximum Gasteiger partial charge on any atom is 0.322 e. The third kappa shape index (κ3) is 3.62. The molecule has 2 heterocycles. The van der Waals surface area contributed by atoms with Crippen LogP contribution in [-0.2, 0) is 6.42 Å². The summed E-state index contributed by atoms with van der Waals surface area (Å²) in [6.45, 7) is 2.64. The van der Waals surface area contributed by atoms with Crippen molar-refractivity contribution in [2.24, 2.45) is 0 Å². The average Bonchev–Trinajstić information content (AvgIpc) is 3.24. The Bertz CT molecular complexity index is 774. The minimum absolute atomic E-state index is 0.127. The first-order valence-electron chi connectivity index (χ1n) is 8.36. The Morgan fingerprint density at radius 3 is 3.04 bits per heavy atom. The summed E-state index contributed by atoms with van der Waals surface area (Å²) >= 11 is 0. The number of urea groups is 1. The Hall–Kier alpha value is -2.90. The van der Waals surface area contributed by atoms with Crippen LogP contribution in [0.15, 0.2) is 34.9 Å². The Morgan fingerprint density at radius 2 is 2.28 bits per heavy atom. The van der Waals surface area contributed by atoms with Gasteiger partial charge in [0.25, 0.3) is 5.69 Å². The van der Waals surface area contributed by atoms with Gasteiger partial charge in [0, 0.05) is 25.1 Å². The Labute approximate surface area is 144 Å². The zero-order valence-electron chi connectivity index (χ0n) is 14.0. The van der Waals surface area contributed by atoms with Gasteiger partial charge in [0.2, 0.25) is 0 Å². The molecule has 25 heavy (non-hydrogen) atoms. The third-order valence-electron chi connectivity index (χ3n) is 4.27. The first kappa shape index (κ1) is 16.9. The topological polar surface area (TPSA) is 102 Å². The summed E-state index contributed by atoms with van der Waals surface area (Å²) in [5, 5.41) is 17.8. The highest BCUT2D eigenvalue weighted by Gasteiger charge is 2.33. The van der Waals surface area contributed by atoms with E-state index >= 15 is 0 Å². The highest BCUT2D eigenvalue weighted by Crippen LogP contribution is 2.33. The van der Waals surface area contributed by atoms with E-state index in [0.717, 1.165) is 37.1 Å². The van der Waals surface area contributed by atoms with E-state index in [0.29, 0.717) is 6.54 Å². The quantitative estimate of drug-likeness (QED) is 0.654. The van der Waals surface area contributed by atoms with Crippen LogP contribution in [0.2, 0.25) is 0 Å². The SMILES string of the molecule is CCCc1cc([C@@H]2CCCN2C(=O)Nc2ccccc2[N+](=O)[O-])no1. The van der Waals surface area contributed by atoms with E-state index in [1.165, 1.54) is 12.1 Å².